The van der Waals surface area contributed by atoms with E-state index in [0.29, 0.717) is 10.2 Å². The second-order valence-electron chi connectivity index (χ2n) is 21.5. The van der Waals surface area contributed by atoms with E-state index in [1.165, 1.54) is 26.4 Å². The number of benzene rings is 1. The highest BCUT2D eigenvalue weighted by Gasteiger charge is 2.31. The molecule has 0 spiro atoms. The standard InChI is InChI=1S/C24H28N5O13P.C16H20N5O9P.C15H18N5O10P/c1-39-18-10-15(11-19(40-2)23(18)41-14-42-43(36,37)38)13-28-20(29(34)35)12-17(26-28)24(33)25-8-3-4-16(30)7-9-27-21(31)5-6-22(27)32;1-31(28,29)30-10-20-12(9-13(18-20)21(26)27)16(25)17-7-2-3-11(22)6-8-19-14(23)4-5-15(19)24;21-10(5-7-18-13(22)3-4-14(18)23)2-1-6-16-15(24)11-8-12(20(25)26)19(17-11)9-30-31(27,28)29/h5-6,10-12H,3-4,7-9,13-14H2,1-2H3,(H,25,33)(H2,36,37,38);4-5,9H,2-3,6-8,10H2,1H3,(H,17,25)(H,28,29);3-4,8H,1-2,5-7,9H2,(H,16,24)(H2,27,28,29). The van der Waals surface area contributed by atoms with Crippen molar-refractivity contribution in [1.82, 2.24) is 60.0 Å². The molecule has 50 heteroatoms. The van der Waals surface area contributed by atoms with Gasteiger partial charge in [-0.15, -0.1) is 14.0 Å². The maximum absolute atomic E-state index is 12.6. The summed E-state index contributed by atoms with van der Waals surface area (Å²) >= 11 is 0. The summed E-state index contributed by atoms with van der Waals surface area (Å²) in [6.07, 6.45) is 7.64. The van der Waals surface area contributed by atoms with Crippen molar-refractivity contribution in [2.75, 3.05) is 66.9 Å². The number of amides is 9. The summed E-state index contributed by atoms with van der Waals surface area (Å²) in [5.74, 6) is -7.56. The van der Waals surface area contributed by atoms with Gasteiger partial charge in [0.25, 0.3) is 53.2 Å². The lowest BCUT2D eigenvalue weighted by atomic mass is 10.1. The number of phosphoric ester groups is 2. The number of carbonyl (C=O) groups excluding carboxylic acids is 12. The van der Waals surface area contributed by atoms with Crippen molar-refractivity contribution < 1.29 is 138 Å². The van der Waals surface area contributed by atoms with Crippen molar-refractivity contribution in [3.8, 4) is 17.2 Å². The van der Waals surface area contributed by atoms with E-state index >= 15 is 0 Å². The lowest BCUT2D eigenvalue weighted by Gasteiger charge is -2.16. The summed E-state index contributed by atoms with van der Waals surface area (Å²) in [6, 6.07) is 5.53. The van der Waals surface area contributed by atoms with Crippen LogP contribution in [0.25, 0.3) is 0 Å². The molecule has 1 atom stereocenters. The van der Waals surface area contributed by atoms with Crippen LogP contribution in [0, 0.1) is 30.3 Å². The van der Waals surface area contributed by atoms with Gasteiger partial charge in [0.1, 0.15) is 23.9 Å². The average molecular weight is 1540 g/mol. The highest BCUT2D eigenvalue weighted by Crippen LogP contribution is 2.42. The van der Waals surface area contributed by atoms with Gasteiger partial charge in [0.05, 0.1) is 37.5 Å². The molecule has 3 aliphatic rings. The molecule has 47 nitrogen and oxygen atoms in total. The van der Waals surface area contributed by atoms with Crippen LogP contribution < -0.4 is 30.2 Å². The summed E-state index contributed by atoms with van der Waals surface area (Å²) in [4.78, 5) is 220. The number of Topliss-reactive ketones (excluding diaryl/α,β-unsaturated/α-hetero) is 3. The maximum Gasteiger partial charge on any atom is 0.472 e. The van der Waals surface area contributed by atoms with Gasteiger partial charge in [-0.05, 0) is 46.2 Å². The van der Waals surface area contributed by atoms with Crippen LogP contribution in [-0.4, -0.2) is 221 Å². The molecule has 3 aliphatic heterocycles. The summed E-state index contributed by atoms with van der Waals surface area (Å²) in [6.45, 7) is -1.65. The van der Waals surface area contributed by atoms with Crippen molar-refractivity contribution in [3.63, 3.8) is 0 Å². The van der Waals surface area contributed by atoms with E-state index in [1.54, 1.807) is 0 Å². The molecule has 0 fully saturated rings. The average Bonchev–Trinajstić information content (AvgIpc) is 1.80. The lowest BCUT2D eigenvalue weighted by molar-refractivity contribution is -0.393. The zero-order chi connectivity index (χ0) is 78.1. The predicted octanol–water partition coefficient (Wildman–Crippen LogP) is -0.0763. The first-order valence-corrected chi connectivity index (χ1v) is 35.3. The molecule has 0 bridgehead atoms. The predicted molar refractivity (Wildman–Crippen MR) is 345 cm³/mol. The molecular weight excluding hydrogens is 1480 g/mol. The molecule has 4 aromatic rings. The fourth-order valence-electron chi connectivity index (χ4n) is 8.87. The molecule has 1 aromatic carbocycles. The van der Waals surface area contributed by atoms with Crippen LogP contribution in [0.3, 0.4) is 0 Å². The topological polar surface area (TPSA) is 641 Å². The first-order chi connectivity index (χ1) is 49.3. The number of hydrogen-bond donors (Lipinski definition) is 8. The monoisotopic (exact) mass is 1540 g/mol. The van der Waals surface area contributed by atoms with Crippen LogP contribution in [-0.2, 0) is 90.4 Å². The number of carbonyl (C=O) groups is 12. The first kappa shape index (κ1) is 84.5. The van der Waals surface area contributed by atoms with E-state index in [2.05, 4.69) is 44.8 Å². The highest BCUT2D eigenvalue weighted by molar-refractivity contribution is 7.51. The molecule has 568 valence electrons. The summed E-state index contributed by atoms with van der Waals surface area (Å²) in [5, 5.41) is 52.1. The first-order valence-electron chi connectivity index (χ1n) is 30.2. The van der Waals surface area contributed by atoms with Gasteiger partial charge in [-0.3, -0.25) is 81.3 Å². The lowest BCUT2D eigenvalue weighted by Crippen LogP contribution is -2.32. The van der Waals surface area contributed by atoms with Crippen LogP contribution in [0.2, 0.25) is 0 Å². The smallest absolute Gasteiger partial charge is 0.472 e. The number of nitrogens with zero attached hydrogens (tertiary/aromatic N) is 12. The number of ketones is 3. The Morgan fingerprint density at radius 3 is 1.22 bits per heavy atom. The zero-order valence-electron chi connectivity index (χ0n) is 55.3. The molecule has 0 radical (unpaired) electrons. The molecule has 6 heterocycles. The number of aromatic nitrogens is 6. The number of nitrogens with one attached hydrogen (secondary N) is 3. The molecule has 3 aromatic heterocycles. The molecule has 0 saturated carbocycles. The molecule has 105 heavy (non-hydrogen) atoms. The van der Waals surface area contributed by atoms with E-state index in [9.17, 15) is 106 Å². The molecule has 0 aliphatic carbocycles. The number of nitro groups is 3. The summed E-state index contributed by atoms with van der Waals surface area (Å²) < 4.78 is 63.9. The normalized spacial score (nSPS) is 13.8. The Balaban J connectivity index is 0.000000289. The molecule has 9 amide bonds. The van der Waals surface area contributed by atoms with E-state index < -0.39 is 129 Å². The fraction of sp³-hybridized carbons (Fsp3) is 0.400. The van der Waals surface area contributed by atoms with E-state index in [0.717, 1.165) is 85.4 Å². The van der Waals surface area contributed by atoms with Gasteiger partial charge in [0, 0.05) is 126 Å². The molecule has 8 N–H and O–H groups in total. The minimum Gasteiger partial charge on any atom is -0.493 e. The van der Waals surface area contributed by atoms with E-state index in [1.807, 2.05) is 0 Å². The second-order valence-corrected chi connectivity index (χ2v) is 25.9. The minimum atomic E-state index is -4.91. The van der Waals surface area contributed by atoms with Crippen LogP contribution >= 0.6 is 23.2 Å². The third kappa shape index (κ3) is 27.5. The van der Waals surface area contributed by atoms with E-state index in [4.69, 9.17) is 33.8 Å². The Bertz CT molecular complexity index is 4200. The van der Waals surface area contributed by atoms with Crippen molar-refractivity contribution in [1.29, 1.82) is 0 Å². The Labute approximate surface area is 589 Å². The largest absolute Gasteiger partial charge is 0.493 e. The van der Waals surface area contributed by atoms with Gasteiger partial charge in [-0.1, -0.05) is 10.2 Å². The summed E-state index contributed by atoms with van der Waals surface area (Å²) in [5.41, 5.74) is -0.511. The SMILES string of the molecule is COc1cc(Cn2nc(C(=O)NCCCC(=O)CCN3C(=O)C=CC3=O)cc2[N+](=O)[O-])cc(OC)c1OCOP(=O)(O)O.CP(=O)(O)OCn1nc([N+](=O)[O-])cc1C(=O)NCCCC(=O)CCN1C(=O)C=CC1=O.O=C(CCCNC(=O)c1cc([N+](=O)[O-])n(COP(=O)(O)O)n1)CCN1C(=O)C=CC1=O. The van der Waals surface area contributed by atoms with Gasteiger partial charge in [-0.2, -0.15) is 0 Å². The Kier molecular flexibility index (Phi) is 31.4. The quantitative estimate of drug-likeness (QED) is 0.00719. The van der Waals surface area contributed by atoms with Gasteiger partial charge in [0.15, 0.2) is 35.3 Å². The molecule has 7 rings (SSSR count). The van der Waals surface area contributed by atoms with Crippen molar-refractivity contribution in [2.45, 2.75) is 77.8 Å². The number of ether oxygens (including phenoxy) is 3. The van der Waals surface area contributed by atoms with E-state index in [-0.39, 0.29) is 155 Å². The number of methoxy groups -OCH3 is 2. The third-order valence-corrected chi connectivity index (χ3v) is 15.4. The van der Waals surface area contributed by atoms with Crippen molar-refractivity contribution in [3.05, 3.63) is 120 Å². The van der Waals surface area contributed by atoms with Crippen molar-refractivity contribution >= 4 is 111 Å². The van der Waals surface area contributed by atoms with Gasteiger partial charge in [0.2, 0.25) is 19.3 Å². The van der Waals surface area contributed by atoms with Gasteiger partial charge in [-0.25, -0.2) is 18.2 Å². The molecular formula is C55H66N15O32P3. The fourth-order valence-corrected chi connectivity index (χ4v) is 9.65. The number of rotatable bonds is 41. The van der Waals surface area contributed by atoms with Gasteiger partial charge < -0.3 is 85.0 Å². The number of hydrogen-bond acceptors (Lipinski definition) is 30. The zero-order valence-corrected chi connectivity index (χ0v) is 57.9. The molecule has 1 unspecified atom stereocenters. The van der Waals surface area contributed by atoms with Crippen molar-refractivity contribution in [2.24, 2.45) is 0 Å². The number of phosphoric acid groups is 2. The van der Waals surface area contributed by atoms with Crippen LogP contribution in [0.1, 0.15) is 94.8 Å². The summed E-state index contributed by atoms with van der Waals surface area (Å²) in [7, 11) is -11.0. The maximum atomic E-state index is 12.6. The Morgan fingerprint density at radius 1 is 0.486 bits per heavy atom. The third-order valence-electron chi connectivity index (χ3n) is 13.9. The van der Waals surface area contributed by atoms with Crippen LogP contribution in [0.15, 0.2) is 66.8 Å². The Hall–Kier alpha value is -11.1. The Morgan fingerprint density at radius 2 is 0.857 bits per heavy atom. The highest BCUT2D eigenvalue weighted by atomic mass is 31.2. The second kappa shape index (κ2) is 39.0. The van der Waals surface area contributed by atoms with Crippen LogP contribution in [0.5, 0.6) is 17.2 Å². The van der Waals surface area contributed by atoms with Gasteiger partial charge >= 0.3 is 40.7 Å². The number of imide groups is 3. The van der Waals surface area contributed by atoms with Crippen LogP contribution in [0.4, 0.5) is 17.5 Å². The molecule has 0 saturated heterocycles. The minimum absolute atomic E-state index is 0.0123.